The standard InChI is InChI=1S/C13H18N2O5/c1-7-10(8(2)20-15-7)12(16)14-11(13(17)18)9-3-5-19-6-4-9/h9,11H,3-6H2,1-2H3,(H,14,16)(H,17,18). The number of amides is 1. The van der Waals surface area contributed by atoms with Crippen molar-refractivity contribution >= 4 is 11.9 Å². The fourth-order valence-electron chi connectivity index (χ4n) is 2.45. The molecule has 1 saturated heterocycles. The van der Waals surface area contributed by atoms with E-state index in [0.717, 1.165) is 0 Å². The van der Waals surface area contributed by atoms with Gasteiger partial charge in [0.2, 0.25) is 0 Å². The van der Waals surface area contributed by atoms with E-state index in [9.17, 15) is 14.7 Å². The zero-order chi connectivity index (χ0) is 14.7. The Labute approximate surface area is 116 Å². The number of carbonyl (C=O) groups is 2. The first-order chi connectivity index (χ1) is 9.50. The van der Waals surface area contributed by atoms with Crippen LogP contribution < -0.4 is 5.32 Å². The highest BCUT2D eigenvalue weighted by Crippen LogP contribution is 2.20. The molecule has 2 N–H and O–H groups in total. The molecule has 0 spiro atoms. The van der Waals surface area contributed by atoms with Crippen molar-refractivity contribution in [1.82, 2.24) is 10.5 Å². The number of aryl methyl sites for hydroxylation is 2. The highest BCUT2D eigenvalue weighted by Gasteiger charge is 2.32. The number of carboxylic acid groups (broad SMARTS) is 1. The predicted octanol–water partition coefficient (Wildman–Crippen LogP) is 0.901. The first-order valence-electron chi connectivity index (χ1n) is 6.55. The molecule has 2 rings (SSSR count). The van der Waals surface area contributed by atoms with Gasteiger partial charge in [0.15, 0.2) is 0 Å². The van der Waals surface area contributed by atoms with Crippen LogP contribution >= 0.6 is 0 Å². The van der Waals surface area contributed by atoms with Gasteiger partial charge in [-0.3, -0.25) is 4.79 Å². The fourth-order valence-corrected chi connectivity index (χ4v) is 2.45. The summed E-state index contributed by atoms with van der Waals surface area (Å²) in [4.78, 5) is 23.6. The SMILES string of the molecule is Cc1noc(C)c1C(=O)NC(C(=O)O)C1CCOCC1. The molecule has 0 aromatic carbocycles. The summed E-state index contributed by atoms with van der Waals surface area (Å²) in [6.07, 6.45) is 1.25. The molecule has 1 amide bonds. The van der Waals surface area contributed by atoms with Crippen LogP contribution in [0.2, 0.25) is 0 Å². The molecule has 1 unspecified atom stereocenters. The van der Waals surface area contributed by atoms with Gasteiger partial charge in [-0.15, -0.1) is 0 Å². The van der Waals surface area contributed by atoms with Crippen molar-refractivity contribution in [3.63, 3.8) is 0 Å². The highest BCUT2D eigenvalue weighted by atomic mass is 16.5. The topological polar surface area (TPSA) is 102 Å². The maximum Gasteiger partial charge on any atom is 0.326 e. The van der Waals surface area contributed by atoms with Crippen LogP contribution in [0, 0.1) is 19.8 Å². The molecule has 1 aromatic heterocycles. The minimum atomic E-state index is -1.03. The van der Waals surface area contributed by atoms with Crippen molar-refractivity contribution < 1.29 is 24.0 Å². The number of ether oxygens (including phenoxy) is 1. The second-order valence-corrected chi connectivity index (χ2v) is 4.94. The minimum Gasteiger partial charge on any atom is -0.480 e. The Morgan fingerprint density at radius 1 is 1.35 bits per heavy atom. The van der Waals surface area contributed by atoms with E-state index in [2.05, 4.69) is 10.5 Å². The molecule has 1 aliphatic rings. The molecule has 110 valence electrons. The molecule has 0 radical (unpaired) electrons. The van der Waals surface area contributed by atoms with Crippen LogP contribution in [0.3, 0.4) is 0 Å². The number of carboxylic acids is 1. The summed E-state index contributed by atoms with van der Waals surface area (Å²) in [6.45, 7) is 4.32. The Morgan fingerprint density at radius 2 is 2.00 bits per heavy atom. The van der Waals surface area contributed by atoms with Crippen LogP contribution in [0.15, 0.2) is 4.52 Å². The Morgan fingerprint density at radius 3 is 2.50 bits per heavy atom. The molecule has 7 nitrogen and oxygen atoms in total. The lowest BCUT2D eigenvalue weighted by molar-refractivity contribution is -0.141. The van der Waals surface area contributed by atoms with Crippen LogP contribution in [0.5, 0.6) is 0 Å². The average molecular weight is 282 g/mol. The molecule has 0 saturated carbocycles. The van der Waals surface area contributed by atoms with Crippen molar-refractivity contribution in [2.75, 3.05) is 13.2 Å². The summed E-state index contributed by atoms with van der Waals surface area (Å²) in [5.74, 6) is -1.22. The van der Waals surface area contributed by atoms with Gasteiger partial charge in [0.25, 0.3) is 5.91 Å². The summed E-state index contributed by atoms with van der Waals surface area (Å²) in [5, 5.41) is 15.6. The quantitative estimate of drug-likeness (QED) is 0.850. The van der Waals surface area contributed by atoms with E-state index in [0.29, 0.717) is 43.1 Å². The normalized spacial score (nSPS) is 17.7. The van der Waals surface area contributed by atoms with Crippen LogP contribution in [0.1, 0.15) is 34.7 Å². The number of hydrogen-bond acceptors (Lipinski definition) is 5. The molecule has 0 bridgehead atoms. The van der Waals surface area contributed by atoms with Gasteiger partial charge >= 0.3 is 5.97 Å². The molecule has 7 heteroatoms. The largest absolute Gasteiger partial charge is 0.480 e. The third kappa shape index (κ3) is 2.98. The Bertz CT molecular complexity index is 485. The number of aromatic nitrogens is 1. The van der Waals surface area contributed by atoms with Gasteiger partial charge in [-0.05, 0) is 32.6 Å². The van der Waals surface area contributed by atoms with Crippen molar-refractivity contribution in [2.24, 2.45) is 5.92 Å². The van der Waals surface area contributed by atoms with E-state index in [1.165, 1.54) is 0 Å². The van der Waals surface area contributed by atoms with Crippen molar-refractivity contribution in [2.45, 2.75) is 32.7 Å². The lowest BCUT2D eigenvalue weighted by atomic mass is 9.91. The third-order valence-corrected chi connectivity index (χ3v) is 3.55. The van der Waals surface area contributed by atoms with Crippen LogP contribution in [0.25, 0.3) is 0 Å². The molecular formula is C13H18N2O5. The maximum atomic E-state index is 12.2. The first kappa shape index (κ1) is 14.5. The van der Waals surface area contributed by atoms with Crippen LogP contribution in [-0.4, -0.2) is 41.4 Å². The van der Waals surface area contributed by atoms with E-state index in [1.807, 2.05) is 0 Å². The number of carbonyl (C=O) groups excluding carboxylic acids is 1. The van der Waals surface area contributed by atoms with Crippen LogP contribution in [-0.2, 0) is 9.53 Å². The third-order valence-electron chi connectivity index (χ3n) is 3.55. The first-order valence-corrected chi connectivity index (χ1v) is 6.55. The Balaban J connectivity index is 2.12. The maximum absolute atomic E-state index is 12.2. The van der Waals surface area contributed by atoms with Gasteiger partial charge in [-0.2, -0.15) is 0 Å². The van der Waals surface area contributed by atoms with Gasteiger partial charge in [-0.1, -0.05) is 5.16 Å². The fraction of sp³-hybridized carbons (Fsp3) is 0.615. The molecule has 1 aromatic rings. The number of rotatable bonds is 4. The average Bonchev–Trinajstić information content (AvgIpc) is 2.76. The van der Waals surface area contributed by atoms with E-state index >= 15 is 0 Å². The van der Waals surface area contributed by atoms with E-state index in [-0.39, 0.29) is 5.92 Å². The van der Waals surface area contributed by atoms with Crippen molar-refractivity contribution in [3.05, 3.63) is 17.0 Å². The van der Waals surface area contributed by atoms with Crippen molar-refractivity contribution in [1.29, 1.82) is 0 Å². The molecule has 1 fully saturated rings. The second kappa shape index (κ2) is 6.04. The van der Waals surface area contributed by atoms with E-state index in [4.69, 9.17) is 9.26 Å². The summed E-state index contributed by atoms with van der Waals surface area (Å²) in [6, 6.07) is -0.917. The zero-order valence-electron chi connectivity index (χ0n) is 11.5. The lowest BCUT2D eigenvalue weighted by Gasteiger charge is -2.28. The molecule has 0 aliphatic carbocycles. The number of aliphatic carboxylic acids is 1. The number of hydrogen-bond donors (Lipinski definition) is 2. The molecule has 20 heavy (non-hydrogen) atoms. The summed E-state index contributed by atoms with van der Waals surface area (Å²) >= 11 is 0. The second-order valence-electron chi connectivity index (χ2n) is 4.94. The van der Waals surface area contributed by atoms with Gasteiger partial charge in [0.05, 0.1) is 5.69 Å². The summed E-state index contributed by atoms with van der Waals surface area (Å²) in [5.41, 5.74) is 0.763. The van der Waals surface area contributed by atoms with Gasteiger partial charge in [0.1, 0.15) is 17.4 Å². The van der Waals surface area contributed by atoms with Gasteiger partial charge in [-0.25, -0.2) is 4.79 Å². The van der Waals surface area contributed by atoms with Crippen molar-refractivity contribution in [3.8, 4) is 0 Å². The Kier molecular flexibility index (Phi) is 4.39. The molecule has 1 atom stereocenters. The molecular weight excluding hydrogens is 264 g/mol. The smallest absolute Gasteiger partial charge is 0.326 e. The highest BCUT2D eigenvalue weighted by molar-refractivity contribution is 5.98. The number of nitrogens with one attached hydrogen (secondary N) is 1. The number of nitrogens with zero attached hydrogens (tertiary/aromatic N) is 1. The Hall–Kier alpha value is -1.89. The monoisotopic (exact) mass is 282 g/mol. The molecule has 1 aliphatic heterocycles. The minimum absolute atomic E-state index is 0.120. The zero-order valence-corrected chi connectivity index (χ0v) is 11.5. The van der Waals surface area contributed by atoms with E-state index in [1.54, 1.807) is 13.8 Å². The van der Waals surface area contributed by atoms with Gasteiger partial charge < -0.3 is 19.7 Å². The predicted molar refractivity (Wildman–Crippen MR) is 68.4 cm³/mol. The summed E-state index contributed by atoms with van der Waals surface area (Å²) < 4.78 is 10.1. The lowest BCUT2D eigenvalue weighted by Crippen LogP contribution is -2.47. The van der Waals surface area contributed by atoms with Gasteiger partial charge in [0, 0.05) is 13.2 Å². The summed E-state index contributed by atoms with van der Waals surface area (Å²) in [7, 11) is 0. The van der Waals surface area contributed by atoms with E-state index < -0.39 is 17.9 Å². The van der Waals surface area contributed by atoms with Crippen LogP contribution in [0.4, 0.5) is 0 Å². The molecule has 2 heterocycles.